The van der Waals surface area contributed by atoms with Crippen molar-refractivity contribution < 1.29 is 14.4 Å². The SMILES string of the molecule is Cn1c(=O)c2c(nc3n(-c4ccc5c(c4)OCCO5)c(-c4cccc([N+](=O)[O-])c4)cn23)n(C)c1=O. The highest BCUT2D eigenvalue weighted by molar-refractivity contribution is 5.80. The fourth-order valence-corrected chi connectivity index (χ4v) is 4.38. The molecule has 0 fully saturated rings. The highest BCUT2D eigenvalue weighted by Gasteiger charge is 2.23. The van der Waals surface area contributed by atoms with E-state index in [-0.39, 0.29) is 16.9 Å². The molecule has 0 N–H and O–H groups in total. The zero-order chi connectivity index (χ0) is 24.4. The van der Waals surface area contributed by atoms with Gasteiger partial charge >= 0.3 is 5.69 Å². The van der Waals surface area contributed by atoms with Gasteiger partial charge in [-0.25, -0.2) is 4.79 Å². The largest absolute Gasteiger partial charge is 0.486 e. The minimum Gasteiger partial charge on any atom is -0.486 e. The average Bonchev–Trinajstić information content (AvgIpc) is 3.42. The van der Waals surface area contributed by atoms with Crippen LogP contribution < -0.4 is 20.7 Å². The number of imidazole rings is 2. The van der Waals surface area contributed by atoms with E-state index in [4.69, 9.17) is 9.47 Å². The summed E-state index contributed by atoms with van der Waals surface area (Å²) in [5, 5.41) is 11.4. The molecule has 0 unspecified atom stereocenters. The van der Waals surface area contributed by atoms with Crippen molar-refractivity contribution in [2.45, 2.75) is 0 Å². The first-order valence-electron chi connectivity index (χ1n) is 10.7. The van der Waals surface area contributed by atoms with Crippen molar-refractivity contribution in [2.24, 2.45) is 14.1 Å². The topological polar surface area (TPSA) is 128 Å². The summed E-state index contributed by atoms with van der Waals surface area (Å²) in [5.74, 6) is 1.51. The number of hydrogen-bond acceptors (Lipinski definition) is 7. The van der Waals surface area contributed by atoms with E-state index in [1.54, 1.807) is 46.5 Å². The van der Waals surface area contributed by atoms with E-state index in [1.807, 2.05) is 6.07 Å². The van der Waals surface area contributed by atoms with Gasteiger partial charge in [0.15, 0.2) is 22.7 Å². The third-order valence-corrected chi connectivity index (χ3v) is 6.10. The number of fused-ring (bicyclic) bond motifs is 4. The van der Waals surface area contributed by atoms with Crippen molar-refractivity contribution in [3.8, 4) is 28.4 Å². The summed E-state index contributed by atoms with van der Waals surface area (Å²) >= 11 is 0. The van der Waals surface area contributed by atoms with Crippen LogP contribution in [-0.4, -0.2) is 41.2 Å². The lowest BCUT2D eigenvalue weighted by atomic mass is 10.1. The highest BCUT2D eigenvalue weighted by Crippen LogP contribution is 2.36. The van der Waals surface area contributed by atoms with Crippen LogP contribution in [0.15, 0.2) is 58.3 Å². The van der Waals surface area contributed by atoms with Gasteiger partial charge in [-0.3, -0.25) is 33.0 Å². The Morgan fingerprint density at radius 1 is 1.00 bits per heavy atom. The van der Waals surface area contributed by atoms with Crippen LogP contribution in [-0.2, 0) is 14.1 Å². The van der Waals surface area contributed by atoms with Gasteiger partial charge in [0.05, 0.1) is 16.3 Å². The lowest BCUT2D eigenvalue weighted by molar-refractivity contribution is -0.384. The Bertz CT molecular complexity index is 1810. The zero-order valence-electron chi connectivity index (χ0n) is 18.7. The van der Waals surface area contributed by atoms with Crippen LogP contribution in [0, 0.1) is 10.1 Å². The van der Waals surface area contributed by atoms with Crippen molar-refractivity contribution in [3.63, 3.8) is 0 Å². The van der Waals surface area contributed by atoms with Gasteiger partial charge < -0.3 is 9.47 Å². The molecule has 2 aromatic carbocycles. The van der Waals surface area contributed by atoms with Crippen LogP contribution in [0.25, 0.3) is 33.9 Å². The maximum Gasteiger partial charge on any atom is 0.332 e. The summed E-state index contributed by atoms with van der Waals surface area (Å²) in [6.45, 7) is 0.850. The molecule has 6 rings (SSSR count). The minimum atomic E-state index is -0.500. The van der Waals surface area contributed by atoms with Crippen molar-refractivity contribution in [1.82, 2.24) is 23.1 Å². The standard InChI is InChI=1S/C23H18N6O6/c1-25-20-19(21(30)26(2)23(25)31)27-12-16(13-4-3-5-15(10-13)29(32)33)28(22(27)24-20)14-6-7-17-18(11-14)35-9-8-34-17/h3-7,10-12H,8-9H2,1-2H3. The van der Waals surface area contributed by atoms with E-state index >= 15 is 0 Å². The number of aromatic nitrogens is 5. The quantitative estimate of drug-likeness (QED) is 0.289. The molecule has 0 atom stereocenters. The summed E-state index contributed by atoms with van der Waals surface area (Å²) in [6.07, 6.45) is 1.69. The van der Waals surface area contributed by atoms with Crippen LogP contribution in [0.5, 0.6) is 11.5 Å². The molecule has 3 aromatic heterocycles. The third-order valence-electron chi connectivity index (χ3n) is 6.10. The van der Waals surface area contributed by atoms with Gasteiger partial charge in [0.2, 0.25) is 5.78 Å². The molecule has 12 heteroatoms. The molecular weight excluding hydrogens is 456 g/mol. The van der Waals surface area contributed by atoms with E-state index < -0.39 is 16.2 Å². The van der Waals surface area contributed by atoms with Crippen molar-refractivity contribution >= 4 is 22.6 Å². The predicted molar refractivity (Wildman–Crippen MR) is 126 cm³/mol. The lowest BCUT2D eigenvalue weighted by Crippen LogP contribution is -2.37. The summed E-state index contributed by atoms with van der Waals surface area (Å²) in [6, 6.07) is 11.6. The fraction of sp³-hybridized carbons (Fsp3) is 0.174. The smallest absolute Gasteiger partial charge is 0.332 e. The van der Waals surface area contributed by atoms with Crippen LogP contribution in [0.2, 0.25) is 0 Å². The van der Waals surface area contributed by atoms with E-state index in [0.29, 0.717) is 47.4 Å². The number of hydrogen-bond donors (Lipinski definition) is 0. The second kappa shape index (κ2) is 7.32. The first kappa shape index (κ1) is 20.7. The van der Waals surface area contributed by atoms with Gasteiger partial charge in [0, 0.05) is 44.1 Å². The van der Waals surface area contributed by atoms with Gasteiger partial charge in [-0.15, -0.1) is 0 Å². The molecule has 0 saturated carbocycles. The zero-order valence-corrected chi connectivity index (χ0v) is 18.7. The number of rotatable bonds is 3. The molecule has 4 heterocycles. The Kier molecular flexibility index (Phi) is 4.33. The number of non-ortho nitro benzene ring substituents is 1. The number of benzene rings is 2. The molecule has 176 valence electrons. The first-order chi connectivity index (χ1) is 16.8. The average molecular weight is 474 g/mol. The molecule has 0 bridgehead atoms. The number of nitro groups is 1. The van der Waals surface area contributed by atoms with Gasteiger partial charge in [-0.2, -0.15) is 4.98 Å². The molecule has 5 aromatic rings. The number of nitro benzene ring substituents is 1. The van der Waals surface area contributed by atoms with Crippen molar-refractivity contribution in [1.29, 1.82) is 0 Å². The predicted octanol–water partition coefficient (Wildman–Crippen LogP) is 2.02. The van der Waals surface area contributed by atoms with Gasteiger partial charge in [0.1, 0.15) is 13.2 Å². The molecule has 0 saturated heterocycles. The second-order valence-corrected chi connectivity index (χ2v) is 8.14. The van der Waals surface area contributed by atoms with Crippen LogP contribution in [0.1, 0.15) is 0 Å². The normalized spacial score (nSPS) is 13.0. The maximum atomic E-state index is 13.1. The third kappa shape index (κ3) is 2.96. The van der Waals surface area contributed by atoms with Crippen molar-refractivity contribution in [2.75, 3.05) is 13.2 Å². The first-order valence-corrected chi connectivity index (χ1v) is 10.7. The Balaban J connectivity index is 1.73. The highest BCUT2D eigenvalue weighted by atomic mass is 16.6. The fourth-order valence-electron chi connectivity index (χ4n) is 4.38. The van der Waals surface area contributed by atoms with Crippen molar-refractivity contribution in [3.05, 3.63) is 79.6 Å². The molecular formula is C23H18N6O6. The van der Waals surface area contributed by atoms with E-state index in [2.05, 4.69) is 4.98 Å². The molecule has 1 aliphatic heterocycles. The number of ether oxygens (including phenoxy) is 2. The number of aryl methyl sites for hydroxylation is 1. The Morgan fingerprint density at radius 3 is 2.54 bits per heavy atom. The molecule has 0 radical (unpaired) electrons. The molecule has 1 aliphatic rings. The monoisotopic (exact) mass is 474 g/mol. The van der Waals surface area contributed by atoms with E-state index in [1.165, 1.54) is 23.7 Å². The maximum absolute atomic E-state index is 13.1. The summed E-state index contributed by atoms with van der Waals surface area (Å²) in [5.41, 5.74) is 1.13. The van der Waals surface area contributed by atoms with Crippen LogP contribution >= 0.6 is 0 Å². The summed E-state index contributed by atoms with van der Waals surface area (Å²) < 4.78 is 17.1. The second-order valence-electron chi connectivity index (χ2n) is 8.14. The van der Waals surface area contributed by atoms with E-state index in [0.717, 1.165) is 4.57 Å². The molecule has 0 aliphatic carbocycles. The Morgan fingerprint density at radius 2 is 1.77 bits per heavy atom. The van der Waals surface area contributed by atoms with Gasteiger partial charge in [-0.05, 0) is 12.1 Å². The van der Waals surface area contributed by atoms with Crippen LogP contribution in [0.3, 0.4) is 0 Å². The Hall–Kier alpha value is -4.87. The van der Waals surface area contributed by atoms with E-state index in [9.17, 15) is 19.7 Å². The molecule has 35 heavy (non-hydrogen) atoms. The Labute approximate surface area is 196 Å². The molecule has 12 nitrogen and oxygen atoms in total. The summed E-state index contributed by atoms with van der Waals surface area (Å²) in [7, 11) is 2.95. The van der Waals surface area contributed by atoms with Gasteiger partial charge in [0.25, 0.3) is 11.2 Å². The molecule has 0 spiro atoms. The number of nitrogens with zero attached hydrogens (tertiary/aromatic N) is 6. The summed E-state index contributed by atoms with van der Waals surface area (Å²) in [4.78, 5) is 41.1. The molecule has 0 amide bonds. The minimum absolute atomic E-state index is 0.0711. The van der Waals surface area contributed by atoms with Crippen LogP contribution in [0.4, 0.5) is 5.69 Å². The van der Waals surface area contributed by atoms with Gasteiger partial charge in [-0.1, -0.05) is 12.1 Å². The lowest BCUT2D eigenvalue weighted by Gasteiger charge is -2.19.